The Morgan fingerprint density at radius 2 is 2.41 bits per heavy atom. The highest BCUT2D eigenvalue weighted by Crippen LogP contribution is 2.22. The summed E-state index contributed by atoms with van der Waals surface area (Å²) in [6, 6.07) is 3.88. The van der Waals surface area contributed by atoms with Gasteiger partial charge in [-0.2, -0.15) is 0 Å². The van der Waals surface area contributed by atoms with Gasteiger partial charge in [0.05, 0.1) is 6.61 Å². The molecule has 1 unspecified atom stereocenters. The third kappa shape index (κ3) is 3.84. The van der Waals surface area contributed by atoms with Crippen molar-refractivity contribution in [3.8, 4) is 0 Å². The van der Waals surface area contributed by atoms with Gasteiger partial charge < -0.3 is 15.4 Å². The zero-order chi connectivity index (χ0) is 12.7. The summed E-state index contributed by atoms with van der Waals surface area (Å²) in [5, 5.41) is 0. The minimum absolute atomic E-state index is 0.0337. The van der Waals surface area contributed by atoms with Crippen molar-refractivity contribution in [1.29, 1.82) is 0 Å². The van der Waals surface area contributed by atoms with Crippen molar-refractivity contribution in [3.63, 3.8) is 0 Å². The summed E-state index contributed by atoms with van der Waals surface area (Å²) >= 11 is 0. The zero-order valence-electron chi connectivity index (χ0n) is 10.6. The molecule has 0 aliphatic heterocycles. The molecule has 2 N–H and O–H groups in total. The van der Waals surface area contributed by atoms with Crippen LogP contribution < -0.4 is 10.6 Å². The number of hydrogen-bond acceptors (Lipinski definition) is 4. The van der Waals surface area contributed by atoms with Crippen molar-refractivity contribution < 1.29 is 4.74 Å². The maximum absolute atomic E-state index is 5.95. The summed E-state index contributed by atoms with van der Waals surface area (Å²) in [5.74, 6) is 0.916. The molecule has 0 fully saturated rings. The second-order valence-electron chi connectivity index (χ2n) is 3.93. The molecule has 0 spiro atoms. The minimum Gasteiger partial charge on any atom is -0.383 e. The Hall–Kier alpha value is -1.39. The van der Waals surface area contributed by atoms with Gasteiger partial charge in [-0.1, -0.05) is 12.1 Å². The second kappa shape index (κ2) is 7.04. The molecule has 0 aliphatic carbocycles. The first-order chi connectivity index (χ1) is 8.20. The summed E-state index contributed by atoms with van der Waals surface area (Å²) in [5.41, 5.74) is 7.00. The molecule has 0 radical (unpaired) electrons. The standard InChI is InChI=1S/C13H21N3O/c1-4-8-16(9-10-17-3)13-12(11(2)14)6-5-7-15-13/h4-7,11H,1,8-10,14H2,2-3H3. The SMILES string of the molecule is C=CCN(CCOC)c1ncccc1C(C)N. The molecule has 1 heterocycles. The number of aromatic nitrogens is 1. The quantitative estimate of drug-likeness (QED) is 0.731. The van der Waals surface area contributed by atoms with Crippen molar-refractivity contribution >= 4 is 5.82 Å². The molecule has 1 aromatic heterocycles. The molecule has 0 amide bonds. The summed E-state index contributed by atoms with van der Waals surface area (Å²) in [6.07, 6.45) is 3.64. The van der Waals surface area contributed by atoms with Crippen LogP contribution in [0.15, 0.2) is 31.0 Å². The monoisotopic (exact) mass is 235 g/mol. The number of nitrogens with two attached hydrogens (primary N) is 1. The molecule has 4 nitrogen and oxygen atoms in total. The molecule has 17 heavy (non-hydrogen) atoms. The highest BCUT2D eigenvalue weighted by atomic mass is 16.5. The van der Waals surface area contributed by atoms with E-state index in [1.165, 1.54) is 0 Å². The van der Waals surface area contributed by atoms with Crippen LogP contribution >= 0.6 is 0 Å². The van der Waals surface area contributed by atoms with Crippen molar-refractivity contribution in [1.82, 2.24) is 4.98 Å². The van der Waals surface area contributed by atoms with Crippen molar-refractivity contribution in [2.24, 2.45) is 5.73 Å². The van der Waals surface area contributed by atoms with Gasteiger partial charge in [0, 0.05) is 38.0 Å². The lowest BCUT2D eigenvalue weighted by atomic mass is 10.1. The van der Waals surface area contributed by atoms with Gasteiger partial charge in [0.1, 0.15) is 5.82 Å². The number of hydrogen-bond donors (Lipinski definition) is 1. The third-order valence-electron chi connectivity index (χ3n) is 2.52. The fraction of sp³-hybridized carbons (Fsp3) is 0.462. The zero-order valence-corrected chi connectivity index (χ0v) is 10.6. The lowest BCUT2D eigenvalue weighted by Crippen LogP contribution is -2.30. The van der Waals surface area contributed by atoms with Crippen LogP contribution in [-0.4, -0.2) is 31.8 Å². The smallest absolute Gasteiger partial charge is 0.133 e. The van der Waals surface area contributed by atoms with E-state index < -0.39 is 0 Å². The first-order valence-electron chi connectivity index (χ1n) is 5.76. The van der Waals surface area contributed by atoms with Crippen molar-refractivity contribution in [2.45, 2.75) is 13.0 Å². The fourth-order valence-electron chi connectivity index (χ4n) is 1.67. The number of anilines is 1. The van der Waals surface area contributed by atoms with E-state index in [-0.39, 0.29) is 6.04 Å². The number of nitrogens with zero attached hydrogens (tertiary/aromatic N) is 2. The Morgan fingerprint density at radius 1 is 1.65 bits per heavy atom. The minimum atomic E-state index is -0.0337. The summed E-state index contributed by atoms with van der Waals surface area (Å²) in [4.78, 5) is 6.53. The maximum Gasteiger partial charge on any atom is 0.133 e. The molecular weight excluding hydrogens is 214 g/mol. The van der Waals surface area contributed by atoms with E-state index in [4.69, 9.17) is 10.5 Å². The van der Waals surface area contributed by atoms with E-state index in [0.717, 1.165) is 24.5 Å². The van der Waals surface area contributed by atoms with Gasteiger partial charge in [-0.3, -0.25) is 0 Å². The number of methoxy groups -OCH3 is 1. The van der Waals surface area contributed by atoms with Crippen LogP contribution in [0.2, 0.25) is 0 Å². The molecule has 0 aliphatic rings. The Morgan fingerprint density at radius 3 is 3.00 bits per heavy atom. The van der Waals surface area contributed by atoms with Gasteiger partial charge in [-0.25, -0.2) is 4.98 Å². The topological polar surface area (TPSA) is 51.4 Å². The summed E-state index contributed by atoms with van der Waals surface area (Å²) in [7, 11) is 1.69. The summed E-state index contributed by atoms with van der Waals surface area (Å²) in [6.45, 7) is 7.90. The van der Waals surface area contributed by atoms with Gasteiger partial charge in [0.15, 0.2) is 0 Å². The number of ether oxygens (including phenoxy) is 1. The van der Waals surface area contributed by atoms with Crippen molar-refractivity contribution in [3.05, 3.63) is 36.5 Å². The van der Waals surface area contributed by atoms with Crippen LogP contribution in [0, 0.1) is 0 Å². The van der Waals surface area contributed by atoms with Crippen LogP contribution in [0.25, 0.3) is 0 Å². The molecule has 1 rings (SSSR count). The molecular formula is C13H21N3O. The summed E-state index contributed by atoms with van der Waals surface area (Å²) < 4.78 is 5.11. The fourth-order valence-corrected chi connectivity index (χ4v) is 1.67. The first kappa shape index (κ1) is 13.7. The Labute approximate surface area is 103 Å². The van der Waals surface area contributed by atoms with Crippen LogP contribution in [0.3, 0.4) is 0 Å². The van der Waals surface area contributed by atoms with Gasteiger partial charge in [0.25, 0.3) is 0 Å². The maximum atomic E-state index is 5.95. The second-order valence-corrected chi connectivity index (χ2v) is 3.93. The van der Waals surface area contributed by atoms with Gasteiger partial charge in [-0.05, 0) is 13.0 Å². The molecule has 94 valence electrons. The third-order valence-corrected chi connectivity index (χ3v) is 2.52. The Kier molecular flexibility index (Phi) is 5.66. The van der Waals surface area contributed by atoms with Crippen LogP contribution in [0.4, 0.5) is 5.82 Å². The first-order valence-corrected chi connectivity index (χ1v) is 5.76. The van der Waals surface area contributed by atoms with Crippen LogP contribution in [0.5, 0.6) is 0 Å². The predicted octanol–water partition coefficient (Wildman–Crippen LogP) is 1.74. The van der Waals surface area contributed by atoms with E-state index in [1.807, 2.05) is 25.1 Å². The predicted molar refractivity (Wildman–Crippen MR) is 71.1 cm³/mol. The van der Waals surface area contributed by atoms with Gasteiger partial charge in [0.2, 0.25) is 0 Å². The molecule has 0 aromatic carbocycles. The lowest BCUT2D eigenvalue weighted by molar-refractivity contribution is 0.205. The largest absolute Gasteiger partial charge is 0.383 e. The normalized spacial score (nSPS) is 12.2. The van der Waals surface area contributed by atoms with Crippen LogP contribution in [-0.2, 0) is 4.74 Å². The Bertz CT molecular complexity index is 352. The van der Waals surface area contributed by atoms with E-state index in [9.17, 15) is 0 Å². The molecule has 1 aromatic rings. The van der Waals surface area contributed by atoms with Gasteiger partial charge in [-0.15, -0.1) is 6.58 Å². The van der Waals surface area contributed by atoms with E-state index in [2.05, 4.69) is 16.5 Å². The van der Waals surface area contributed by atoms with E-state index in [1.54, 1.807) is 13.3 Å². The van der Waals surface area contributed by atoms with Crippen molar-refractivity contribution in [2.75, 3.05) is 31.7 Å². The molecule has 1 atom stereocenters. The van der Waals surface area contributed by atoms with E-state index in [0.29, 0.717) is 6.61 Å². The number of pyridine rings is 1. The molecule has 0 saturated heterocycles. The average Bonchev–Trinajstić information content (AvgIpc) is 2.34. The highest BCUT2D eigenvalue weighted by Gasteiger charge is 2.13. The lowest BCUT2D eigenvalue weighted by Gasteiger charge is -2.25. The average molecular weight is 235 g/mol. The Balaban J connectivity index is 2.95. The number of rotatable bonds is 7. The van der Waals surface area contributed by atoms with Crippen LogP contribution in [0.1, 0.15) is 18.5 Å². The van der Waals surface area contributed by atoms with Gasteiger partial charge >= 0.3 is 0 Å². The molecule has 0 bridgehead atoms. The molecule has 4 heteroatoms. The highest BCUT2D eigenvalue weighted by molar-refractivity contribution is 5.48. The molecule has 0 saturated carbocycles. The van der Waals surface area contributed by atoms with E-state index >= 15 is 0 Å².